The smallest absolute Gasteiger partial charge is 0.147 e. The standard InChI is InChI=1S/C14H14Cl2N4/c15-7-12(17)10-5-6-19-14(18)13(10)20-8-9-3-1-2-4-11(9)16/h1-6,17,20H,7-8H2,(H2,18,19). The fourth-order valence-corrected chi connectivity index (χ4v) is 2.16. The van der Waals surface area contributed by atoms with Gasteiger partial charge >= 0.3 is 0 Å². The molecule has 2 aromatic rings. The number of halogens is 2. The molecule has 0 saturated heterocycles. The van der Waals surface area contributed by atoms with Gasteiger partial charge in [-0.15, -0.1) is 11.6 Å². The number of nitrogens with zero attached hydrogens (tertiary/aromatic N) is 1. The summed E-state index contributed by atoms with van der Waals surface area (Å²) in [5.41, 5.74) is 8.37. The molecule has 0 fully saturated rings. The van der Waals surface area contributed by atoms with Gasteiger partial charge in [-0.2, -0.15) is 0 Å². The van der Waals surface area contributed by atoms with Gasteiger partial charge in [-0.05, 0) is 17.7 Å². The SMILES string of the molecule is N=C(CCl)c1ccnc(N)c1NCc1ccccc1Cl. The van der Waals surface area contributed by atoms with Crippen LogP contribution in [0.25, 0.3) is 0 Å². The van der Waals surface area contributed by atoms with Gasteiger partial charge in [-0.1, -0.05) is 29.8 Å². The summed E-state index contributed by atoms with van der Waals surface area (Å²) >= 11 is 11.8. The minimum atomic E-state index is 0.115. The molecule has 4 nitrogen and oxygen atoms in total. The molecular weight excluding hydrogens is 295 g/mol. The van der Waals surface area contributed by atoms with Gasteiger partial charge in [0.1, 0.15) is 5.82 Å². The Morgan fingerprint density at radius 2 is 2.05 bits per heavy atom. The van der Waals surface area contributed by atoms with Crippen molar-refractivity contribution in [3.8, 4) is 0 Å². The fourth-order valence-electron chi connectivity index (χ4n) is 1.81. The molecule has 0 amide bonds. The number of anilines is 2. The first kappa shape index (κ1) is 14.6. The monoisotopic (exact) mass is 308 g/mol. The molecule has 20 heavy (non-hydrogen) atoms. The lowest BCUT2D eigenvalue weighted by Crippen LogP contribution is -2.11. The normalized spacial score (nSPS) is 10.3. The zero-order valence-electron chi connectivity index (χ0n) is 10.7. The minimum absolute atomic E-state index is 0.115. The van der Waals surface area contributed by atoms with Crippen molar-refractivity contribution in [3.63, 3.8) is 0 Å². The van der Waals surface area contributed by atoms with Gasteiger partial charge in [-0.3, -0.25) is 0 Å². The predicted molar refractivity (Wildman–Crippen MR) is 85.0 cm³/mol. The highest BCUT2D eigenvalue weighted by molar-refractivity contribution is 6.32. The second-order valence-electron chi connectivity index (χ2n) is 4.18. The summed E-state index contributed by atoms with van der Waals surface area (Å²) in [5, 5.41) is 11.7. The Labute approximate surface area is 127 Å². The predicted octanol–water partition coefficient (Wildman–Crippen LogP) is 3.54. The summed E-state index contributed by atoms with van der Waals surface area (Å²) in [6.07, 6.45) is 1.56. The summed E-state index contributed by atoms with van der Waals surface area (Å²) in [4.78, 5) is 4.03. The number of nitrogen functional groups attached to an aromatic ring is 1. The van der Waals surface area contributed by atoms with Crippen LogP contribution >= 0.6 is 23.2 Å². The number of aromatic nitrogens is 1. The number of pyridine rings is 1. The summed E-state index contributed by atoms with van der Waals surface area (Å²) in [5.74, 6) is 0.453. The Kier molecular flexibility index (Phi) is 4.82. The van der Waals surface area contributed by atoms with Crippen LogP contribution in [0.5, 0.6) is 0 Å². The molecule has 1 heterocycles. The van der Waals surface area contributed by atoms with Crippen LogP contribution in [0.15, 0.2) is 36.5 Å². The Balaban J connectivity index is 2.25. The minimum Gasteiger partial charge on any atom is -0.382 e. The zero-order valence-corrected chi connectivity index (χ0v) is 12.2. The van der Waals surface area contributed by atoms with Crippen LogP contribution in [-0.4, -0.2) is 16.6 Å². The third-order valence-corrected chi connectivity index (χ3v) is 3.49. The molecule has 4 N–H and O–H groups in total. The van der Waals surface area contributed by atoms with E-state index in [2.05, 4.69) is 10.3 Å². The lowest BCUT2D eigenvalue weighted by Gasteiger charge is -2.14. The van der Waals surface area contributed by atoms with E-state index < -0.39 is 0 Å². The first-order valence-electron chi connectivity index (χ1n) is 5.99. The maximum atomic E-state index is 7.86. The molecule has 1 aromatic carbocycles. The second-order valence-corrected chi connectivity index (χ2v) is 4.85. The molecule has 6 heteroatoms. The van der Waals surface area contributed by atoms with Crippen molar-refractivity contribution in [3.05, 3.63) is 52.7 Å². The van der Waals surface area contributed by atoms with E-state index in [1.165, 1.54) is 0 Å². The number of nitrogens with one attached hydrogen (secondary N) is 2. The maximum Gasteiger partial charge on any atom is 0.147 e. The van der Waals surface area contributed by atoms with Gasteiger partial charge in [0.15, 0.2) is 0 Å². The van der Waals surface area contributed by atoms with Gasteiger partial charge < -0.3 is 16.5 Å². The van der Waals surface area contributed by atoms with E-state index in [4.69, 9.17) is 34.3 Å². The summed E-state index contributed by atoms with van der Waals surface area (Å²) in [6, 6.07) is 9.26. The van der Waals surface area contributed by atoms with Crippen LogP contribution in [0, 0.1) is 5.41 Å². The van der Waals surface area contributed by atoms with Crippen molar-refractivity contribution < 1.29 is 0 Å². The molecule has 0 radical (unpaired) electrons. The highest BCUT2D eigenvalue weighted by Gasteiger charge is 2.11. The highest BCUT2D eigenvalue weighted by atomic mass is 35.5. The van der Waals surface area contributed by atoms with Gasteiger partial charge in [-0.25, -0.2) is 4.98 Å². The van der Waals surface area contributed by atoms with E-state index in [1.54, 1.807) is 12.3 Å². The van der Waals surface area contributed by atoms with Gasteiger partial charge in [0.05, 0.1) is 17.3 Å². The zero-order chi connectivity index (χ0) is 14.5. The first-order chi connectivity index (χ1) is 9.63. The van der Waals surface area contributed by atoms with Crippen molar-refractivity contribution in [1.82, 2.24) is 4.98 Å². The fraction of sp³-hybridized carbons (Fsp3) is 0.143. The Hall–Kier alpha value is -1.78. The van der Waals surface area contributed by atoms with Crippen LogP contribution in [-0.2, 0) is 6.54 Å². The summed E-state index contributed by atoms with van der Waals surface area (Å²) in [7, 11) is 0. The van der Waals surface area contributed by atoms with E-state index in [0.29, 0.717) is 34.3 Å². The van der Waals surface area contributed by atoms with Crippen LogP contribution in [0.3, 0.4) is 0 Å². The Morgan fingerprint density at radius 1 is 1.30 bits per heavy atom. The van der Waals surface area contributed by atoms with Crippen molar-refractivity contribution in [2.45, 2.75) is 6.54 Å². The van der Waals surface area contributed by atoms with Crippen LogP contribution in [0.1, 0.15) is 11.1 Å². The molecule has 0 atom stereocenters. The Bertz CT molecular complexity index is 628. The molecule has 0 spiro atoms. The van der Waals surface area contributed by atoms with Crippen molar-refractivity contribution in [1.29, 1.82) is 5.41 Å². The van der Waals surface area contributed by atoms with Crippen molar-refractivity contribution >= 4 is 40.4 Å². The molecule has 104 valence electrons. The third-order valence-electron chi connectivity index (χ3n) is 2.85. The van der Waals surface area contributed by atoms with Crippen LogP contribution in [0.2, 0.25) is 5.02 Å². The molecule has 1 aromatic heterocycles. The summed E-state index contributed by atoms with van der Waals surface area (Å²) < 4.78 is 0. The number of hydrogen-bond acceptors (Lipinski definition) is 4. The van der Waals surface area contributed by atoms with Gasteiger partial charge in [0.2, 0.25) is 0 Å². The van der Waals surface area contributed by atoms with Crippen molar-refractivity contribution in [2.24, 2.45) is 0 Å². The van der Waals surface area contributed by atoms with E-state index >= 15 is 0 Å². The average molecular weight is 309 g/mol. The lowest BCUT2D eigenvalue weighted by molar-refractivity contribution is 1.14. The van der Waals surface area contributed by atoms with Crippen molar-refractivity contribution in [2.75, 3.05) is 16.9 Å². The molecule has 0 unspecified atom stereocenters. The molecule has 0 aliphatic heterocycles. The van der Waals surface area contributed by atoms with Crippen LogP contribution in [0.4, 0.5) is 11.5 Å². The molecule has 0 aliphatic carbocycles. The van der Waals surface area contributed by atoms with Gasteiger partial charge in [0.25, 0.3) is 0 Å². The number of rotatable bonds is 5. The van der Waals surface area contributed by atoms with E-state index in [-0.39, 0.29) is 5.88 Å². The molecule has 0 bridgehead atoms. The van der Waals surface area contributed by atoms with Crippen LogP contribution < -0.4 is 11.1 Å². The third kappa shape index (κ3) is 3.21. The topological polar surface area (TPSA) is 74.8 Å². The maximum absolute atomic E-state index is 7.86. The number of benzene rings is 1. The van der Waals surface area contributed by atoms with E-state index in [1.807, 2.05) is 24.3 Å². The molecule has 2 rings (SSSR count). The first-order valence-corrected chi connectivity index (χ1v) is 6.90. The Morgan fingerprint density at radius 3 is 2.75 bits per heavy atom. The average Bonchev–Trinajstić information content (AvgIpc) is 2.46. The largest absolute Gasteiger partial charge is 0.382 e. The number of hydrogen-bond donors (Lipinski definition) is 3. The van der Waals surface area contributed by atoms with E-state index in [9.17, 15) is 0 Å². The molecule has 0 aliphatic rings. The van der Waals surface area contributed by atoms with E-state index in [0.717, 1.165) is 5.56 Å². The summed E-state index contributed by atoms with van der Waals surface area (Å²) in [6.45, 7) is 0.498. The molecular formula is C14H14Cl2N4. The highest BCUT2D eigenvalue weighted by Crippen LogP contribution is 2.24. The second kappa shape index (κ2) is 6.59. The number of nitrogens with two attached hydrogens (primary N) is 1. The quantitative estimate of drug-likeness (QED) is 0.584. The number of alkyl halides is 1. The molecule has 0 saturated carbocycles. The lowest BCUT2D eigenvalue weighted by atomic mass is 10.1. The van der Waals surface area contributed by atoms with Gasteiger partial charge in [0, 0.05) is 23.3 Å².